The second-order valence-corrected chi connectivity index (χ2v) is 3.91. The molecule has 5 heteroatoms. The molecule has 0 saturated carbocycles. The molecular formula is C12H19N3O2. The van der Waals surface area contributed by atoms with E-state index < -0.39 is 0 Å². The highest BCUT2D eigenvalue weighted by molar-refractivity contribution is 5.75. The van der Waals surface area contributed by atoms with E-state index in [9.17, 15) is 4.79 Å². The average Bonchev–Trinajstić information content (AvgIpc) is 2.35. The maximum Gasteiger partial charge on any atom is 0.222 e. The van der Waals surface area contributed by atoms with Crippen molar-refractivity contribution in [2.24, 2.45) is 0 Å². The van der Waals surface area contributed by atoms with Gasteiger partial charge in [-0.25, -0.2) is 4.98 Å². The molecule has 0 aliphatic heterocycles. The molecule has 1 heterocycles. The molecule has 1 N–H and O–H groups in total. The first-order chi connectivity index (χ1) is 8.13. The van der Waals surface area contributed by atoms with Crippen LogP contribution in [-0.2, 0) is 4.79 Å². The van der Waals surface area contributed by atoms with Crippen molar-refractivity contribution >= 4 is 11.6 Å². The Morgan fingerprint density at radius 2 is 2.24 bits per heavy atom. The molecule has 0 bridgehead atoms. The summed E-state index contributed by atoms with van der Waals surface area (Å²) in [5, 5.41) is 3.20. The van der Waals surface area contributed by atoms with Crippen LogP contribution in [0.25, 0.3) is 0 Å². The van der Waals surface area contributed by atoms with E-state index in [1.165, 1.54) is 0 Å². The lowest BCUT2D eigenvalue weighted by Gasteiger charge is -2.10. The Bertz CT molecular complexity index is 349. The second kappa shape index (κ2) is 6.73. The van der Waals surface area contributed by atoms with Gasteiger partial charge in [-0.3, -0.25) is 4.79 Å². The van der Waals surface area contributed by atoms with E-state index in [0.717, 1.165) is 18.7 Å². The van der Waals surface area contributed by atoms with Gasteiger partial charge in [0, 0.05) is 33.1 Å². The first-order valence-electron chi connectivity index (χ1n) is 5.57. The Morgan fingerprint density at radius 1 is 1.47 bits per heavy atom. The molecule has 0 fully saturated rings. The third-order valence-corrected chi connectivity index (χ3v) is 2.34. The highest BCUT2D eigenvalue weighted by Crippen LogP contribution is 2.10. The number of hydrogen-bond donors (Lipinski definition) is 1. The highest BCUT2D eigenvalue weighted by Gasteiger charge is 2.02. The third kappa shape index (κ3) is 4.72. The van der Waals surface area contributed by atoms with E-state index in [0.29, 0.717) is 12.3 Å². The smallest absolute Gasteiger partial charge is 0.222 e. The van der Waals surface area contributed by atoms with Crippen molar-refractivity contribution in [1.82, 2.24) is 9.88 Å². The maximum atomic E-state index is 11.3. The molecule has 1 aromatic rings. The van der Waals surface area contributed by atoms with Gasteiger partial charge in [0.15, 0.2) is 0 Å². The van der Waals surface area contributed by atoms with E-state index >= 15 is 0 Å². The molecule has 17 heavy (non-hydrogen) atoms. The molecule has 0 aromatic carbocycles. The summed E-state index contributed by atoms with van der Waals surface area (Å²) >= 11 is 0. The molecule has 1 rings (SSSR count). The number of amides is 1. The zero-order valence-corrected chi connectivity index (χ0v) is 10.6. The van der Waals surface area contributed by atoms with Gasteiger partial charge in [-0.1, -0.05) is 0 Å². The van der Waals surface area contributed by atoms with E-state index in [1.807, 2.05) is 6.07 Å². The quantitative estimate of drug-likeness (QED) is 0.759. The minimum absolute atomic E-state index is 0.152. The fraction of sp³-hybridized carbons (Fsp3) is 0.500. The summed E-state index contributed by atoms with van der Waals surface area (Å²) in [7, 11) is 5.12. The van der Waals surface area contributed by atoms with Crippen molar-refractivity contribution in [2.45, 2.75) is 12.8 Å². The Hall–Kier alpha value is -1.78. The Labute approximate surface area is 102 Å². The summed E-state index contributed by atoms with van der Waals surface area (Å²) in [5.74, 6) is 0.748. The third-order valence-electron chi connectivity index (χ3n) is 2.34. The zero-order chi connectivity index (χ0) is 12.7. The summed E-state index contributed by atoms with van der Waals surface area (Å²) in [6, 6.07) is 3.70. The normalized spacial score (nSPS) is 9.82. The van der Waals surface area contributed by atoms with Gasteiger partial charge in [-0.15, -0.1) is 0 Å². The number of rotatable bonds is 6. The predicted molar refractivity (Wildman–Crippen MR) is 67.2 cm³/mol. The van der Waals surface area contributed by atoms with Gasteiger partial charge >= 0.3 is 0 Å². The highest BCUT2D eigenvalue weighted by atomic mass is 16.5. The molecule has 0 saturated heterocycles. The standard InChI is InChI=1S/C12H19N3O2/c1-15(2)12(16)5-4-8-13-10-6-7-11(17-3)14-9-10/h6-7,9,13H,4-5,8H2,1-3H3. The molecular weight excluding hydrogens is 218 g/mol. The number of carbonyl (C=O) groups is 1. The lowest BCUT2D eigenvalue weighted by Crippen LogP contribution is -2.22. The first kappa shape index (κ1) is 13.3. The van der Waals surface area contributed by atoms with Crippen LogP contribution in [0.1, 0.15) is 12.8 Å². The number of anilines is 1. The van der Waals surface area contributed by atoms with Crippen molar-refractivity contribution in [1.29, 1.82) is 0 Å². The lowest BCUT2D eigenvalue weighted by molar-refractivity contribution is -0.128. The van der Waals surface area contributed by atoms with Crippen LogP contribution in [0.4, 0.5) is 5.69 Å². The largest absolute Gasteiger partial charge is 0.481 e. The van der Waals surface area contributed by atoms with Gasteiger partial charge in [-0.05, 0) is 12.5 Å². The lowest BCUT2D eigenvalue weighted by atomic mass is 10.3. The van der Waals surface area contributed by atoms with E-state index in [4.69, 9.17) is 4.74 Å². The number of nitrogens with zero attached hydrogens (tertiary/aromatic N) is 2. The predicted octanol–water partition coefficient (Wildman–Crippen LogP) is 1.37. The molecule has 0 unspecified atom stereocenters. The van der Waals surface area contributed by atoms with E-state index in [-0.39, 0.29) is 5.91 Å². The summed E-state index contributed by atoms with van der Waals surface area (Å²) in [6.45, 7) is 0.758. The van der Waals surface area contributed by atoms with Crippen molar-refractivity contribution < 1.29 is 9.53 Å². The Kier molecular flexibility index (Phi) is 5.26. The van der Waals surface area contributed by atoms with Crippen molar-refractivity contribution in [3.63, 3.8) is 0 Å². The molecule has 1 amide bonds. The number of aromatic nitrogens is 1. The van der Waals surface area contributed by atoms with Crippen LogP contribution in [0.5, 0.6) is 5.88 Å². The van der Waals surface area contributed by atoms with Crippen molar-refractivity contribution in [3.8, 4) is 5.88 Å². The number of carbonyl (C=O) groups excluding carboxylic acids is 1. The summed E-state index contributed by atoms with van der Waals surface area (Å²) in [6.07, 6.45) is 3.08. The maximum absolute atomic E-state index is 11.3. The van der Waals surface area contributed by atoms with Crippen molar-refractivity contribution in [3.05, 3.63) is 18.3 Å². The van der Waals surface area contributed by atoms with Crippen LogP contribution in [0.15, 0.2) is 18.3 Å². The number of nitrogens with one attached hydrogen (secondary N) is 1. The monoisotopic (exact) mass is 237 g/mol. The van der Waals surface area contributed by atoms with Gasteiger partial charge < -0.3 is 15.0 Å². The van der Waals surface area contributed by atoms with Gasteiger partial charge in [-0.2, -0.15) is 0 Å². The van der Waals surface area contributed by atoms with Crippen LogP contribution in [0.3, 0.4) is 0 Å². The minimum Gasteiger partial charge on any atom is -0.481 e. The Morgan fingerprint density at radius 3 is 2.76 bits per heavy atom. The van der Waals surface area contributed by atoms with Crippen LogP contribution in [-0.4, -0.2) is 43.5 Å². The number of pyridine rings is 1. The first-order valence-corrected chi connectivity index (χ1v) is 5.57. The van der Waals surface area contributed by atoms with Gasteiger partial charge in [0.25, 0.3) is 0 Å². The van der Waals surface area contributed by atoms with Gasteiger partial charge in [0.05, 0.1) is 19.0 Å². The van der Waals surface area contributed by atoms with Crippen LogP contribution >= 0.6 is 0 Å². The van der Waals surface area contributed by atoms with Gasteiger partial charge in [0.1, 0.15) is 0 Å². The molecule has 5 nitrogen and oxygen atoms in total. The zero-order valence-electron chi connectivity index (χ0n) is 10.6. The fourth-order valence-corrected chi connectivity index (χ4v) is 1.30. The van der Waals surface area contributed by atoms with Crippen molar-refractivity contribution in [2.75, 3.05) is 33.1 Å². The summed E-state index contributed by atoms with van der Waals surface area (Å²) in [5.41, 5.74) is 0.933. The molecule has 0 spiro atoms. The number of ether oxygens (including phenoxy) is 1. The average molecular weight is 237 g/mol. The van der Waals surface area contributed by atoms with E-state index in [2.05, 4.69) is 10.3 Å². The number of hydrogen-bond acceptors (Lipinski definition) is 4. The fourth-order valence-electron chi connectivity index (χ4n) is 1.30. The van der Waals surface area contributed by atoms with Crippen LogP contribution < -0.4 is 10.1 Å². The molecule has 1 aromatic heterocycles. The van der Waals surface area contributed by atoms with E-state index in [1.54, 1.807) is 38.4 Å². The Balaban J connectivity index is 2.24. The summed E-state index contributed by atoms with van der Waals surface area (Å²) < 4.78 is 4.96. The number of methoxy groups -OCH3 is 1. The molecule has 0 aliphatic rings. The van der Waals surface area contributed by atoms with Crippen LogP contribution in [0.2, 0.25) is 0 Å². The van der Waals surface area contributed by atoms with Gasteiger partial charge in [0.2, 0.25) is 11.8 Å². The van der Waals surface area contributed by atoms with Crippen LogP contribution in [0, 0.1) is 0 Å². The second-order valence-electron chi connectivity index (χ2n) is 3.91. The topological polar surface area (TPSA) is 54.5 Å². The molecule has 94 valence electrons. The molecule has 0 radical (unpaired) electrons. The molecule has 0 aliphatic carbocycles. The molecule has 0 atom stereocenters. The SMILES string of the molecule is COc1ccc(NCCCC(=O)N(C)C)cn1. The minimum atomic E-state index is 0.152. The summed E-state index contributed by atoms with van der Waals surface area (Å²) in [4.78, 5) is 17.0.